The lowest BCUT2D eigenvalue weighted by molar-refractivity contribution is -0.128. The zero-order chi connectivity index (χ0) is 15.9. The van der Waals surface area contributed by atoms with Crippen LogP contribution in [0.25, 0.3) is 0 Å². The summed E-state index contributed by atoms with van der Waals surface area (Å²) < 4.78 is 0. The van der Waals surface area contributed by atoms with Crippen LogP contribution in [-0.4, -0.2) is 36.9 Å². The number of nitrogens with one attached hydrogen (secondary N) is 2. The molecule has 0 bridgehead atoms. The fourth-order valence-electron chi connectivity index (χ4n) is 2.72. The van der Waals surface area contributed by atoms with E-state index in [4.69, 9.17) is 0 Å². The molecule has 2 N–H and O–H groups in total. The average Bonchev–Trinajstić information content (AvgIpc) is 2.91. The van der Waals surface area contributed by atoms with Crippen LogP contribution in [0.3, 0.4) is 0 Å². The molecule has 2 rings (SSSR count). The summed E-state index contributed by atoms with van der Waals surface area (Å²) in [6.07, 6.45) is 1.60. The molecule has 0 spiro atoms. The summed E-state index contributed by atoms with van der Waals surface area (Å²) in [5.41, 5.74) is 2.19. The Hall–Kier alpha value is -1.88. The molecule has 0 aliphatic carbocycles. The molecular weight excluding hydrogens is 278 g/mol. The van der Waals surface area contributed by atoms with Gasteiger partial charge in [0.25, 0.3) is 0 Å². The Bertz CT molecular complexity index is 530. The highest BCUT2D eigenvalue weighted by Gasteiger charge is 2.21. The molecule has 1 aliphatic heterocycles. The first-order valence-corrected chi connectivity index (χ1v) is 7.88. The Morgan fingerprint density at radius 2 is 2.05 bits per heavy atom. The van der Waals surface area contributed by atoms with Crippen molar-refractivity contribution in [1.82, 2.24) is 15.5 Å². The molecule has 1 saturated heterocycles. The summed E-state index contributed by atoms with van der Waals surface area (Å²) in [6.45, 7) is 4.54. The maximum Gasteiger partial charge on any atom is 0.224 e. The molecule has 5 heteroatoms. The van der Waals surface area contributed by atoms with E-state index in [1.807, 2.05) is 43.1 Å². The van der Waals surface area contributed by atoms with Crippen molar-refractivity contribution in [3.05, 3.63) is 35.4 Å². The quantitative estimate of drug-likeness (QED) is 0.798. The Kier molecular flexibility index (Phi) is 5.95. The molecule has 1 aromatic carbocycles. The lowest BCUT2D eigenvalue weighted by atomic mass is 10.1. The van der Waals surface area contributed by atoms with Gasteiger partial charge in [-0.2, -0.15) is 0 Å². The van der Waals surface area contributed by atoms with Gasteiger partial charge in [-0.05, 0) is 24.6 Å². The van der Waals surface area contributed by atoms with E-state index in [0.717, 1.165) is 24.1 Å². The zero-order valence-electron chi connectivity index (χ0n) is 13.4. The standard InChI is InChI=1S/C17H25N3O2/c1-13(10-18-2)17(22)19-11-14-6-3-4-7-15(14)12-20-9-5-8-16(20)21/h3-4,6-7,13,18H,5,8-12H2,1-2H3,(H,19,22). The van der Waals surface area contributed by atoms with Crippen LogP contribution in [0.4, 0.5) is 0 Å². The van der Waals surface area contributed by atoms with E-state index in [-0.39, 0.29) is 17.7 Å². The Labute approximate surface area is 132 Å². The van der Waals surface area contributed by atoms with Crippen LogP contribution in [0.2, 0.25) is 0 Å². The number of benzene rings is 1. The Morgan fingerprint density at radius 3 is 2.68 bits per heavy atom. The molecule has 1 fully saturated rings. The summed E-state index contributed by atoms with van der Waals surface area (Å²) in [5.74, 6) is 0.209. The molecule has 0 aromatic heterocycles. The molecule has 1 atom stereocenters. The first-order chi connectivity index (χ1) is 10.6. The van der Waals surface area contributed by atoms with Gasteiger partial charge in [-0.1, -0.05) is 31.2 Å². The number of carbonyl (C=O) groups excluding carboxylic acids is 2. The predicted octanol–water partition coefficient (Wildman–Crippen LogP) is 1.28. The molecule has 0 radical (unpaired) electrons. The molecule has 5 nitrogen and oxygen atoms in total. The maximum absolute atomic E-state index is 12.0. The Morgan fingerprint density at radius 1 is 1.32 bits per heavy atom. The van der Waals surface area contributed by atoms with E-state index in [0.29, 0.717) is 26.1 Å². The van der Waals surface area contributed by atoms with Gasteiger partial charge in [0.2, 0.25) is 11.8 Å². The van der Waals surface area contributed by atoms with Crippen LogP contribution >= 0.6 is 0 Å². The van der Waals surface area contributed by atoms with Gasteiger partial charge in [0.15, 0.2) is 0 Å². The van der Waals surface area contributed by atoms with Crippen LogP contribution in [0.15, 0.2) is 24.3 Å². The van der Waals surface area contributed by atoms with Gasteiger partial charge in [0.05, 0.1) is 0 Å². The van der Waals surface area contributed by atoms with Crippen molar-refractivity contribution in [3.63, 3.8) is 0 Å². The monoisotopic (exact) mass is 303 g/mol. The average molecular weight is 303 g/mol. The number of carbonyl (C=O) groups is 2. The summed E-state index contributed by atoms with van der Waals surface area (Å²) in [5, 5.41) is 5.98. The van der Waals surface area contributed by atoms with Crippen LogP contribution in [0, 0.1) is 5.92 Å². The van der Waals surface area contributed by atoms with Crippen molar-refractivity contribution in [2.75, 3.05) is 20.1 Å². The summed E-state index contributed by atoms with van der Waals surface area (Å²) in [6, 6.07) is 7.99. The van der Waals surface area contributed by atoms with Crippen LogP contribution < -0.4 is 10.6 Å². The van der Waals surface area contributed by atoms with Crippen molar-refractivity contribution >= 4 is 11.8 Å². The van der Waals surface area contributed by atoms with E-state index in [1.54, 1.807) is 0 Å². The third kappa shape index (κ3) is 4.31. The Balaban J connectivity index is 1.96. The minimum atomic E-state index is -0.0580. The van der Waals surface area contributed by atoms with Gasteiger partial charge in [-0.15, -0.1) is 0 Å². The fraction of sp³-hybridized carbons (Fsp3) is 0.529. The highest BCUT2D eigenvalue weighted by Crippen LogP contribution is 2.17. The van der Waals surface area contributed by atoms with Crippen LogP contribution in [0.5, 0.6) is 0 Å². The maximum atomic E-state index is 12.0. The second-order valence-corrected chi connectivity index (χ2v) is 5.86. The molecule has 120 valence electrons. The first kappa shape index (κ1) is 16.5. The highest BCUT2D eigenvalue weighted by molar-refractivity contribution is 5.79. The van der Waals surface area contributed by atoms with Crippen molar-refractivity contribution < 1.29 is 9.59 Å². The topological polar surface area (TPSA) is 61.4 Å². The second kappa shape index (κ2) is 7.94. The van der Waals surface area contributed by atoms with Crippen molar-refractivity contribution in [3.8, 4) is 0 Å². The molecular formula is C17H25N3O2. The molecule has 1 unspecified atom stereocenters. The number of hydrogen-bond acceptors (Lipinski definition) is 3. The smallest absolute Gasteiger partial charge is 0.224 e. The number of amides is 2. The van der Waals surface area contributed by atoms with Gasteiger partial charge >= 0.3 is 0 Å². The summed E-state index contributed by atoms with van der Waals surface area (Å²) in [4.78, 5) is 25.7. The third-order valence-electron chi connectivity index (χ3n) is 4.06. The fourth-order valence-corrected chi connectivity index (χ4v) is 2.72. The van der Waals surface area contributed by atoms with E-state index in [1.165, 1.54) is 0 Å². The number of hydrogen-bond donors (Lipinski definition) is 2. The van der Waals surface area contributed by atoms with E-state index in [2.05, 4.69) is 10.6 Å². The SMILES string of the molecule is CNCC(C)C(=O)NCc1ccccc1CN1CCCC1=O. The predicted molar refractivity (Wildman–Crippen MR) is 86.0 cm³/mol. The number of nitrogens with zero attached hydrogens (tertiary/aromatic N) is 1. The van der Waals surface area contributed by atoms with E-state index < -0.39 is 0 Å². The van der Waals surface area contributed by atoms with Gasteiger partial charge in [0.1, 0.15) is 0 Å². The first-order valence-electron chi connectivity index (χ1n) is 7.88. The molecule has 0 saturated carbocycles. The van der Waals surface area contributed by atoms with Gasteiger partial charge in [-0.25, -0.2) is 0 Å². The number of rotatable bonds is 7. The largest absolute Gasteiger partial charge is 0.352 e. The highest BCUT2D eigenvalue weighted by atomic mass is 16.2. The summed E-state index contributed by atoms with van der Waals surface area (Å²) >= 11 is 0. The lowest BCUT2D eigenvalue weighted by Gasteiger charge is -2.19. The zero-order valence-corrected chi connectivity index (χ0v) is 13.4. The van der Waals surface area contributed by atoms with Gasteiger partial charge in [0, 0.05) is 38.5 Å². The van der Waals surface area contributed by atoms with E-state index >= 15 is 0 Å². The minimum absolute atomic E-state index is 0.0430. The normalized spacial score (nSPS) is 15.9. The van der Waals surface area contributed by atoms with E-state index in [9.17, 15) is 9.59 Å². The molecule has 1 aromatic rings. The van der Waals surface area contributed by atoms with Crippen molar-refractivity contribution in [2.24, 2.45) is 5.92 Å². The second-order valence-electron chi connectivity index (χ2n) is 5.86. The van der Waals surface area contributed by atoms with Crippen molar-refractivity contribution in [1.29, 1.82) is 0 Å². The third-order valence-corrected chi connectivity index (χ3v) is 4.06. The molecule has 1 heterocycles. The minimum Gasteiger partial charge on any atom is -0.352 e. The lowest BCUT2D eigenvalue weighted by Crippen LogP contribution is -2.34. The van der Waals surface area contributed by atoms with Gasteiger partial charge in [-0.3, -0.25) is 9.59 Å². The van der Waals surface area contributed by atoms with Crippen LogP contribution in [-0.2, 0) is 22.7 Å². The van der Waals surface area contributed by atoms with Crippen LogP contribution in [0.1, 0.15) is 30.9 Å². The molecule has 22 heavy (non-hydrogen) atoms. The molecule has 1 aliphatic rings. The number of likely N-dealkylation sites (tertiary alicyclic amines) is 1. The van der Waals surface area contributed by atoms with Gasteiger partial charge < -0.3 is 15.5 Å². The summed E-state index contributed by atoms with van der Waals surface area (Å²) in [7, 11) is 1.84. The molecule has 2 amide bonds. The van der Waals surface area contributed by atoms with Crippen molar-refractivity contribution in [2.45, 2.75) is 32.9 Å².